The molecule has 0 aromatic heterocycles. The van der Waals surface area contributed by atoms with Gasteiger partial charge < -0.3 is 9.80 Å². The van der Waals surface area contributed by atoms with Crippen molar-refractivity contribution in [3.05, 3.63) is 35.6 Å². The van der Waals surface area contributed by atoms with Gasteiger partial charge in [0.25, 0.3) is 5.91 Å². The molecule has 1 heterocycles. The van der Waals surface area contributed by atoms with Crippen molar-refractivity contribution in [2.45, 2.75) is 33.1 Å². The second-order valence-corrected chi connectivity index (χ2v) is 5.96. The van der Waals surface area contributed by atoms with Crippen LogP contribution in [0.2, 0.25) is 0 Å². The summed E-state index contributed by atoms with van der Waals surface area (Å²) >= 11 is 0. The Morgan fingerprint density at radius 2 is 1.65 bits per heavy atom. The molecular weight excluding hydrogens is 295 g/mol. The van der Waals surface area contributed by atoms with Crippen LogP contribution >= 0.6 is 0 Å². The highest BCUT2D eigenvalue weighted by atomic mass is 19.1. The highest BCUT2D eigenvalue weighted by molar-refractivity contribution is 5.94. The molecule has 1 aliphatic rings. The average molecular weight is 320 g/mol. The Kier molecular flexibility index (Phi) is 6.13. The molecule has 0 bridgehead atoms. The fourth-order valence-electron chi connectivity index (χ4n) is 3.04. The van der Waals surface area contributed by atoms with Crippen LogP contribution in [0.25, 0.3) is 0 Å². The van der Waals surface area contributed by atoms with Gasteiger partial charge in [-0.3, -0.25) is 9.59 Å². The first-order valence-corrected chi connectivity index (χ1v) is 8.41. The van der Waals surface area contributed by atoms with Crippen LogP contribution in [0.3, 0.4) is 0 Å². The van der Waals surface area contributed by atoms with E-state index in [2.05, 4.69) is 0 Å². The molecule has 0 saturated carbocycles. The predicted octanol–water partition coefficient (Wildman–Crippen LogP) is 2.94. The van der Waals surface area contributed by atoms with Crippen LogP contribution in [0.4, 0.5) is 4.39 Å². The maximum Gasteiger partial charge on any atom is 0.256 e. The lowest BCUT2D eigenvalue weighted by Crippen LogP contribution is -2.40. The quantitative estimate of drug-likeness (QED) is 0.856. The molecule has 2 amide bonds. The highest BCUT2D eigenvalue weighted by Crippen LogP contribution is 2.16. The largest absolute Gasteiger partial charge is 0.341 e. The van der Waals surface area contributed by atoms with E-state index >= 15 is 0 Å². The molecule has 1 saturated heterocycles. The lowest BCUT2D eigenvalue weighted by molar-refractivity contribution is -0.135. The molecule has 1 aliphatic heterocycles. The number of hydrogen-bond donors (Lipinski definition) is 0. The average Bonchev–Trinajstić information content (AvgIpc) is 2.81. The molecule has 5 heteroatoms. The van der Waals surface area contributed by atoms with Crippen LogP contribution < -0.4 is 0 Å². The minimum Gasteiger partial charge on any atom is -0.341 e. The summed E-state index contributed by atoms with van der Waals surface area (Å²) in [5.41, 5.74) is 0.104. The minimum atomic E-state index is -0.494. The Bertz CT molecular complexity index is 558. The van der Waals surface area contributed by atoms with E-state index in [4.69, 9.17) is 0 Å². The SMILES string of the molecule is CCC(CC)C(=O)N1CCCN(C(=O)c2ccccc2F)CC1. The molecule has 4 nitrogen and oxygen atoms in total. The van der Waals surface area contributed by atoms with E-state index in [1.807, 2.05) is 18.7 Å². The van der Waals surface area contributed by atoms with Crippen molar-refractivity contribution < 1.29 is 14.0 Å². The normalized spacial score (nSPS) is 15.7. The second-order valence-electron chi connectivity index (χ2n) is 5.96. The van der Waals surface area contributed by atoms with Gasteiger partial charge in [-0.1, -0.05) is 26.0 Å². The van der Waals surface area contributed by atoms with Gasteiger partial charge in [-0.2, -0.15) is 0 Å². The fraction of sp³-hybridized carbons (Fsp3) is 0.556. The zero-order valence-corrected chi connectivity index (χ0v) is 13.9. The number of hydrogen-bond acceptors (Lipinski definition) is 2. The number of amides is 2. The van der Waals surface area contributed by atoms with Gasteiger partial charge in [0.2, 0.25) is 5.91 Å². The first-order valence-electron chi connectivity index (χ1n) is 8.41. The van der Waals surface area contributed by atoms with Gasteiger partial charge in [0.05, 0.1) is 5.56 Å². The van der Waals surface area contributed by atoms with Gasteiger partial charge in [0.15, 0.2) is 0 Å². The molecule has 0 aliphatic carbocycles. The van der Waals surface area contributed by atoms with E-state index in [1.165, 1.54) is 12.1 Å². The number of rotatable bonds is 4. The molecule has 2 rings (SSSR count). The summed E-state index contributed by atoms with van der Waals surface area (Å²) in [7, 11) is 0. The van der Waals surface area contributed by atoms with E-state index in [9.17, 15) is 14.0 Å². The van der Waals surface area contributed by atoms with Gasteiger partial charge in [-0.05, 0) is 31.4 Å². The zero-order chi connectivity index (χ0) is 16.8. The molecule has 0 atom stereocenters. The number of benzene rings is 1. The molecule has 0 radical (unpaired) electrons. The first kappa shape index (κ1) is 17.4. The van der Waals surface area contributed by atoms with Crippen molar-refractivity contribution in [1.82, 2.24) is 9.80 Å². The molecule has 0 spiro atoms. The van der Waals surface area contributed by atoms with Crippen LogP contribution in [0, 0.1) is 11.7 Å². The van der Waals surface area contributed by atoms with Crippen molar-refractivity contribution in [3.8, 4) is 0 Å². The Hall–Kier alpha value is -1.91. The Balaban J connectivity index is 2.02. The number of halogens is 1. The third-order valence-electron chi connectivity index (χ3n) is 4.53. The molecule has 0 unspecified atom stereocenters. The van der Waals surface area contributed by atoms with Crippen molar-refractivity contribution in [2.75, 3.05) is 26.2 Å². The summed E-state index contributed by atoms with van der Waals surface area (Å²) in [6.45, 7) is 6.25. The predicted molar refractivity (Wildman–Crippen MR) is 87.6 cm³/mol. The van der Waals surface area contributed by atoms with Crippen LogP contribution in [0.5, 0.6) is 0 Å². The number of carbonyl (C=O) groups is 2. The smallest absolute Gasteiger partial charge is 0.256 e. The van der Waals surface area contributed by atoms with Crippen molar-refractivity contribution >= 4 is 11.8 Å². The van der Waals surface area contributed by atoms with Gasteiger partial charge in [-0.25, -0.2) is 4.39 Å². The van der Waals surface area contributed by atoms with Gasteiger partial charge in [0.1, 0.15) is 5.82 Å². The molecule has 126 valence electrons. The van der Waals surface area contributed by atoms with E-state index in [0.717, 1.165) is 19.3 Å². The fourth-order valence-corrected chi connectivity index (χ4v) is 3.04. The monoisotopic (exact) mass is 320 g/mol. The third-order valence-corrected chi connectivity index (χ3v) is 4.53. The highest BCUT2D eigenvalue weighted by Gasteiger charge is 2.26. The van der Waals surface area contributed by atoms with E-state index in [-0.39, 0.29) is 23.3 Å². The standard InChI is InChI=1S/C18H25FN2O2/c1-3-14(4-2)17(22)20-10-7-11-21(13-12-20)18(23)15-8-5-6-9-16(15)19/h5-6,8-9,14H,3-4,7,10-13H2,1-2H3. The molecule has 1 aromatic rings. The molecule has 1 fully saturated rings. The Labute approximate surface area is 137 Å². The summed E-state index contributed by atoms with van der Waals surface area (Å²) in [5, 5.41) is 0. The minimum absolute atomic E-state index is 0.0591. The summed E-state index contributed by atoms with van der Waals surface area (Å²) < 4.78 is 13.8. The van der Waals surface area contributed by atoms with Gasteiger partial charge >= 0.3 is 0 Å². The maximum atomic E-state index is 13.8. The number of nitrogens with zero attached hydrogens (tertiary/aromatic N) is 2. The molecule has 23 heavy (non-hydrogen) atoms. The maximum absolute atomic E-state index is 13.8. The Morgan fingerprint density at radius 3 is 2.30 bits per heavy atom. The van der Waals surface area contributed by atoms with E-state index in [0.29, 0.717) is 26.2 Å². The summed E-state index contributed by atoms with van der Waals surface area (Å²) in [4.78, 5) is 28.5. The third kappa shape index (κ3) is 4.09. The van der Waals surface area contributed by atoms with Crippen molar-refractivity contribution in [2.24, 2.45) is 5.92 Å². The van der Waals surface area contributed by atoms with E-state index in [1.54, 1.807) is 17.0 Å². The van der Waals surface area contributed by atoms with Gasteiger partial charge in [0, 0.05) is 32.1 Å². The number of carbonyl (C=O) groups excluding carboxylic acids is 2. The second kappa shape index (κ2) is 8.09. The van der Waals surface area contributed by atoms with Crippen LogP contribution in [-0.4, -0.2) is 47.8 Å². The molecule has 0 N–H and O–H groups in total. The first-order chi connectivity index (χ1) is 11.1. The zero-order valence-electron chi connectivity index (χ0n) is 13.9. The van der Waals surface area contributed by atoms with Crippen LogP contribution in [0.1, 0.15) is 43.5 Å². The molecular formula is C18H25FN2O2. The van der Waals surface area contributed by atoms with Crippen LogP contribution in [-0.2, 0) is 4.79 Å². The van der Waals surface area contributed by atoms with Crippen molar-refractivity contribution in [3.63, 3.8) is 0 Å². The van der Waals surface area contributed by atoms with Gasteiger partial charge in [-0.15, -0.1) is 0 Å². The molecule has 1 aromatic carbocycles. The summed E-state index contributed by atoms with van der Waals surface area (Å²) in [5.74, 6) is -0.550. The topological polar surface area (TPSA) is 40.6 Å². The summed E-state index contributed by atoms with van der Waals surface area (Å²) in [6, 6.07) is 6.05. The summed E-state index contributed by atoms with van der Waals surface area (Å²) in [6.07, 6.45) is 2.40. The Morgan fingerprint density at radius 1 is 1.04 bits per heavy atom. The lowest BCUT2D eigenvalue weighted by Gasteiger charge is -2.25. The lowest BCUT2D eigenvalue weighted by atomic mass is 10.0. The van der Waals surface area contributed by atoms with Crippen molar-refractivity contribution in [1.29, 1.82) is 0 Å². The van der Waals surface area contributed by atoms with E-state index < -0.39 is 5.82 Å². The van der Waals surface area contributed by atoms with Crippen LogP contribution in [0.15, 0.2) is 24.3 Å².